The zero-order valence-corrected chi connectivity index (χ0v) is 21.3. The summed E-state index contributed by atoms with van der Waals surface area (Å²) in [6.07, 6.45) is 0.680. The molecule has 0 spiro atoms. The third-order valence-corrected chi connectivity index (χ3v) is 6.49. The number of rotatable bonds is 10. The van der Waals surface area contributed by atoms with Crippen LogP contribution in [0.15, 0.2) is 47.3 Å². The smallest absolute Gasteiger partial charge is 0.311 e. The molecule has 0 atom stereocenters. The standard InChI is InChI=1S/C27H31F2N5O4/c1-2-38-26(36)17-23-20-10-9-19(28)16-21(20)27(37)34(31-23)18-30-25(35)8-5-11-32-12-14-33(15-13-32)24-7-4-3-6-22(24)29/h3-4,6-7,9-10,16H,2,5,8,11-15,17-18H2,1H3,(H,30,35). The van der Waals surface area contributed by atoms with Gasteiger partial charge in [0.15, 0.2) is 0 Å². The van der Waals surface area contributed by atoms with E-state index >= 15 is 0 Å². The molecule has 2 heterocycles. The normalized spacial score (nSPS) is 14.0. The number of para-hydroxylation sites is 1. The van der Waals surface area contributed by atoms with E-state index < -0.39 is 17.3 Å². The fraction of sp³-hybridized carbons (Fsp3) is 0.407. The van der Waals surface area contributed by atoms with Gasteiger partial charge in [-0.25, -0.2) is 13.5 Å². The fourth-order valence-corrected chi connectivity index (χ4v) is 4.55. The predicted molar refractivity (Wildman–Crippen MR) is 139 cm³/mol. The van der Waals surface area contributed by atoms with Crippen molar-refractivity contribution in [1.82, 2.24) is 20.0 Å². The van der Waals surface area contributed by atoms with Gasteiger partial charge in [-0.15, -0.1) is 0 Å². The molecule has 3 aromatic rings. The number of benzene rings is 2. The molecule has 4 rings (SSSR count). The number of esters is 1. The van der Waals surface area contributed by atoms with Gasteiger partial charge >= 0.3 is 5.97 Å². The molecule has 1 N–H and O–H groups in total. The number of fused-ring (bicyclic) bond motifs is 1. The minimum atomic E-state index is -0.590. The molecule has 1 aliphatic heterocycles. The van der Waals surface area contributed by atoms with Crippen molar-refractivity contribution in [3.8, 4) is 0 Å². The van der Waals surface area contributed by atoms with Crippen LogP contribution in [0.25, 0.3) is 10.8 Å². The zero-order chi connectivity index (χ0) is 27.1. The molecular formula is C27H31F2N5O4. The molecule has 202 valence electrons. The van der Waals surface area contributed by atoms with E-state index in [1.54, 1.807) is 19.1 Å². The highest BCUT2D eigenvalue weighted by Crippen LogP contribution is 2.20. The highest BCUT2D eigenvalue weighted by molar-refractivity contribution is 5.87. The maximum absolute atomic E-state index is 14.0. The van der Waals surface area contributed by atoms with Crippen molar-refractivity contribution in [1.29, 1.82) is 0 Å². The van der Waals surface area contributed by atoms with Gasteiger partial charge in [-0.1, -0.05) is 12.1 Å². The number of hydrogen-bond donors (Lipinski definition) is 1. The number of amides is 1. The van der Waals surface area contributed by atoms with Gasteiger partial charge in [0.1, 0.15) is 18.3 Å². The second-order valence-electron chi connectivity index (χ2n) is 9.06. The molecule has 0 saturated carbocycles. The number of carbonyl (C=O) groups is 2. The van der Waals surface area contributed by atoms with Gasteiger partial charge in [0.05, 0.1) is 29.8 Å². The van der Waals surface area contributed by atoms with E-state index in [2.05, 4.69) is 15.3 Å². The van der Waals surface area contributed by atoms with Crippen LogP contribution in [0, 0.1) is 11.6 Å². The molecule has 0 unspecified atom stereocenters. The van der Waals surface area contributed by atoms with Gasteiger partial charge in [0.2, 0.25) is 5.91 Å². The van der Waals surface area contributed by atoms with Crippen molar-refractivity contribution in [2.24, 2.45) is 0 Å². The number of nitrogens with one attached hydrogen (secondary N) is 1. The summed E-state index contributed by atoms with van der Waals surface area (Å²) >= 11 is 0. The Morgan fingerprint density at radius 1 is 1.05 bits per heavy atom. The van der Waals surface area contributed by atoms with E-state index in [0.717, 1.165) is 30.4 Å². The molecular weight excluding hydrogens is 496 g/mol. The average molecular weight is 528 g/mol. The first-order chi connectivity index (χ1) is 18.4. The summed E-state index contributed by atoms with van der Waals surface area (Å²) in [6, 6.07) is 10.4. The number of hydrogen-bond acceptors (Lipinski definition) is 7. The molecule has 1 saturated heterocycles. The summed E-state index contributed by atoms with van der Waals surface area (Å²) < 4.78 is 33.9. The van der Waals surface area contributed by atoms with Crippen molar-refractivity contribution in [3.05, 3.63) is 70.1 Å². The van der Waals surface area contributed by atoms with Crippen molar-refractivity contribution < 1.29 is 23.1 Å². The van der Waals surface area contributed by atoms with Crippen LogP contribution in [0.2, 0.25) is 0 Å². The number of halogens is 2. The number of aromatic nitrogens is 2. The molecule has 1 aromatic heterocycles. The molecule has 0 aliphatic carbocycles. The number of nitrogens with zero attached hydrogens (tertiary/aromatic N) is 4. The van der Waals surface area contributed by atoms with Crippen LogP contribution >= 0.6 is 0 Å². The first kappa shape index (κ1) is 27.2. The Morgan fingerprint density at radius 2 is 1.82 bits per heavy atom. The SMILES string of the molecule is CCOC(=O)Cc1nn(CNC(=O)CCCN2CCN(c3ccccc3F)CC2)c(=O)c2cc(F)ccc12. The lowest BCUT2D eigenvalue weighted by Gasteiger charge is -2.36. The van der Waals surface area contributed by atoms with Crippen LogP contribution in [0.4, 0.5) is 14.5 Å². The minimum Gasteiger partial charge on any atom is -0.466 e. The van der Waals surface area contributed by atoms with Crippen molar-refractivity contribution in [2.75, 3.05) is 44.2 Å². The van der Waals surface area contributed by atoms with Gasteiger partial charge in [-0.3, -0.25) is 19.3 Å². The van der Waals surface area contributed by atoms with Crippen LogP contribution in [-0.2, 0) is 27.4 Å². The number of ether oxygens (including phenoxy) is 1. The molecule has 1 fully saturated rings. The Kier molecular flexibility index (Phi) is 9.01. The number of anilines is 1. The Hall–Kier alpha value is -3.86. The maximum atomic E-state index is 14.0. The monoisotopic (exact) mass is 527 g/mol. The highest BCUT2D eigenvalue weighted by atomic mass is 19.1. The lowest BCUT2D eigenvalue weighted by molar-refractivity contribution is -0.142. The molecule has 0 bridgehead atoms. The summed E-state index contributed by atoms with van der Waals surface area (Å²) in [5.41, 5.74) is 0.305. The Balaban J connectivity index is 1.29. The largest absolute Gasteiger partial charge is 0.466 e. The van der Waals surface area contributed by atoms with E-state index in [0.29, 0.717) is 30.6 Å². The van der Waals surface area contributed by atoms with Crippen LogP contribution in [0.3, 0.4) is 0 Å². The molecule has 0 radical (unpaired) electrons. The Bertz CT molecular complexity index is 1360. The maximum Gasteiger partial charge on any atom is 0.311 e. The average Bonchev–Trinajstić information content (AvgIpc) is 2.90. The Morgan fingerprint density at radius 3 is 2.55 bits per heavy atom. The molecule has 2 aromatic carbocycles. The van der Waals surface area contributed by atoms with Crippen LogP contribution in [0.5, 0.6) is 0 Å². The third kappa shape index (κ3) is 6.71. The molecule has 38 heavy (non-hydrogen) atoms. The number of piperazine rings is 1. The van der Waals surface area contributed by atoms with Crippen molar-refractivity contribution in [3.63, 3.8) is 0 Å². The summed E-state index contributed by atoms with van der Waals surface area (Å²) in [5, 5.41) is 7.36. The Labute approximate surface area is 219 Å². The number of carbonyl (C=O) groups excluding carboxylic acids is 2. The van der Waals surface area contributed by atoms with E-state index in [1.165, 1.54) is 18.2 Å². The van der Waals surface area contributed by atoms with Gasteiger partial charge < -0.3 is 15.0 Å². The lowest BCUT2D eigenvalue weighted by Crippen LogP contribution is -2.47. The van der Waals surface area contributed by atoms with Gasteiger partial charge in [-0.05, 0) is 50.2 Å². The quantitative estimate of drug-likeness (QED) is 0.405. The van der Waals surface area contributed by atoms with Crippen molar-refractivity contribution >= 4 is 28.3 Å². The molecule has 9 nitrogen and oxygen atoms in total. The van der Waals surface area contributed by atoms with Gasteiger partial charge in [0.25, 0.3) is 5.56 Å². The van der Waals surface area contributed by atoms with Crippen molar-refractivity contribution in [2.45, 2.75) is 32.9 Å². The van der Waals surface area contributed by atoms with Crippen LogP contribution in [0.1, 0.15) is 25.5 Å². The van der Waals surface area contributed by atoms with Gasteiger partial charge in [-0.2, -0.15) is 5.10 Å². The lowest BCUT2D eigenvalue weighted by atomic mass is 10.1. The topological polar surface area (TPSA) is 96.8 Å². The summed E-state index contributed by atoms with van der Waals surface area (Å²) in [5.74, 6) is -1.59. The summed E-state index contributed by atoms with van der Waals surface area (Å²) in [7, 11) is 0. The highest BCUT2D eigenvalue weighted by Gasteiger charge is 2.19. The predicted octanol–water partition coefficient (Wildman–Crippen LogP) is 2.46. The third-order valence-electron chi connectivity index (χ3n) is 6.49. The molecule has 1 amide bonds. The molecule has 11 heteroatoms. The van der Waals surface area contributed by atoms with Gasteiger partial charge in [0, 0.05) is 38.0 Å². The van der Waals surface area contributed by atoms with E-state index in [-0.39, 0.29) is 48.9 Å². The first-order valence-electron chi connectivity index (χ1n) is 12.7. The second kappa shape index (κ2) is 12.6. The molecule has 1 aliphatic rings. The summed E-state index contributed by atoms with van der Waals surface area (Å²) in [4.78, 5) is 41.6. The van der Waals surface area contributed by atoms with Crippen LogP contribution in [-0.4, -0.2) is 65.9 Å². The summed E-state index contributed by atoms with van der Waals surface area (Å²) in [6.45, 7) is 5.34. The zero-order valence-electron chi connectivity index (χ0n) is 21.3. The fourth-order valence-electron chi connectivity index (χ4n) is 4.55. The van der Waals surface area contributed by atoms with E-state index in [9.17, 15) is 23.2 Å². The van der Waals surface area contributed by atoms with E-state index in [1.807, 2.05) is 11.0 Å². The minimum absolute atomic E-state index is 0.0723. The van der Waals surface area contributed by atoms with Crippen LogP contribution < -0.4 is 15.8 Å². The van der Waals surface area contributed by atoms with E-state index in [4.69, 9.17) is 4.74 Å². The second-order valence-corrected chi connectivity index (χ2v) is 9.06. The first-order valence-corrected chi connectivity index (χ1v) is 12.7.